The summed E-state index contributed by atoms with van der Waals surface area (Å²) in [7, 11) is 5.07. The van der Waals surface area contributed by atoms with Crippen molar-refractivity contribution in [2.75, 3.05) is 41.5 Å². The zero-order chi connectivity index (χ0) is 94.8. The number of imidazole rings is 4. The van der Waals surface area contributed by atoms with Crippen molar-refractivity contribution in [3.63, 3.8) is 0 Å². The molecule has 12 atom stereocenters. The molecule has 4 aromatic heterocycles. The third-order valence-electron chi connectivity index (χ3n) is 28.2. The number of hydrogen-bond donors (Lipinski definition) is 8. The number of carboxylic acids is 1. The van der Waals surface area contributed by atoms with Crippen LogP contribution in [0.1, 0.15) is 213 Å². The van der Waals surface area contributed by atoms with Crippen molar-refractivity contribution in [3.05, 3.63) is 169 Å². The molecule has 4 saturated heterocycles. The predicted octanol–water partition coefficient (Wildman–Crippen LogP) is 18.2. The zero-order valence-corrected chi connectivity index (χ0v) is 77.5. The Balaban J connectivity index is 0.000000181. The van der Waals surface area contributed by atoms with Crippen LogP contribution in [0.25, 0.3) is 88.8 Å². The van der Waals surface area contributed by atoms with Gasteiger partial charge in [-0.15, -0.1) is 0 Å². The van der Waals surface area contributed by atoms with Crippen molar-refractivity contribution in [2.24, 2.45) is 40.4 Å². The van der Waals surface area contributed by atoms with Gasteiger partial charge in [-0.25, -0.2) is 39.1 Å². The van der Waals surface area contributed by atoms with Gasteiger partial charge in [0.05, 0.1) is 125 Å². The molecule has 6 aromatic carbocycles. The standard InChI is InChI=1S/C48H53N9O6.C46H53N7O5.C8H11NO4.CH4/c1-27(2)40(55-47(61)63-4)45(59)57-35-16-15-34(22-35)41(57)43-51-24-37(53-43)29-9-7-28(8-10-29)30-11-12-32-21-33(14-13-31(32)20-30)38-25-50-42(52-38)39-23-48(17-18-48)26-56(39)44(58)36(6-5-19-49)54-46(60)62-3;1-26(2)38(51-43(55)57-6)42(54)53-34-16-15-33(21-34)39(53)41-48-23-35(50-41)28-9-7-27(8-10-28)29-11-12-31-20-32(14-13-30(31)19-29)36-24-47-40(49-36)37-22-46(17-18-46)25-52(37)44(56)58-45(3,4)5;1-13-7(10)5-6(8(11)12)3-2-4-9;/h7-14,20-21,24-25,27,34-36,39-41H,5-6,15-18,22-23,26H2,1-4H3,(H,50,52)(H,51,53)(H,54,60)(H,55,61);7-14,19-20,23-24,26,33-34,37-39H,15-18,21-22,25H2,1-6H3,(H,47,49)(H,48,50)(H,51,55);6H,2-3,5H2,1H3,(H,11,12);1H4/t34-,35+,36-,39-,40-,41-;33-,34+,37-,38-,39-;6-;/m001./s1. The molecule has 4 aliphatic carbocycles. The Morgan fingerprint density at radius 3 is 1.23 bits per heavy atom. The van der Waals surface area contributed by atoms with Crippen LogP contribution in [0, 0.1) is 63.1 Å². The third-order valence-corrected chi connectivity index (χ3v) is 28.2. The molecule has 8 fully saturated rings. The fourth-order valence-electron chi connectivity index (χ4n) is 20.6. The van der Waals surface area contributed by atoms with E-state index in [2.05, 4.69) is 168 Å². The maximum absolute atomic E-state index is 14.0. The smallest absolute Gasteiger partial charge is 0.410 e. The summed E-state index contributed by atoms with van der Waals surface area (Å²) in [6, 6.07) is 43.8. The Kier molecular flexibility index (Phi) is 28.4. The summed E-state index contributed by atoms with van der Waals surface area (Å²) in [5, 5.41) is 38.7. The van der Waals surface area contributed by atoms with Gasteiger partial charge in [-0.2, -0.15) is 10.5 Å². The molecule has 135 heavy (non-hydrogen) atoms. The number of methoxy groups -OCH3 is 4. The monoisotopic (exact) mass is 1840 g/mol. The summed E-state index contributed by atoms with van der Waals surface area (Å²) < 4.78 is 24.5. The van der Waals surface area contributed by atoms with E-state index in [1.165, 1.54) is 28.4 Å². The molecule has 32 nitrogen and oxygen atoms in total. The summed E-state index contributed by atoms with van der Waals surface area (Å²) in [6.07, 6.45) is 17.6. The number of aliphatic carboxylic acids is 1. The number of piperidine rings is 2. The normalized spacial score (nSPS) is 20.9. The highest BCUT2D eigenvalue weighted by Gasteiger charge is 2.58. The number of H-pyrrole nitrogens is 4. The van der Waals surface area contributed by atoms with Crippen molar-refractivity contribution < 1.29 is 71.9 Å². The number of amides is 7. The van der Waals surface area contributed by atoms with E-state index in [0.29, 0.717) is 24.2 Å². The van der Waals surface area contributed by atoms with Crippen LogP contribution in [-0.4, -0.2) is 196 Å². The van der Waals surface area contributed by atoms with Crippen LogP contribution in [0.15, 0.2) is 146 Å². The van der Waals surface area contributed by atoms with Gasteiger partial charge in [0.15, 0.2) is 0 Å². The molecule has 0 radical (unpaired) electrons. The predicted molar refractivity (Wildman–Crippen MR) is 505 cm³/mol. The molecule has 0 unspecified atom stereocenters. The summed E-state index contributed by atoms with van der Waals surface area (Å²) in [4.78, 5) is 154. The second-order valence-electron chi connectivity index (χ2n) is 38.9. The lowest BCUT2D eigenvalue weighted by molar-refractivity contribution is -0.150. The molecule has 10 aromatic rings. The average Bonchev–Trinajstić information content (AvgIpc) is 1.60. The molecule has 8 N–H and O–H groups in total. The number of nitriles is 2. The van der Waals surface area contributed by atoms with E-state index < -0.39 is 59.9 Å². The number of aromatic nitrogens is 8. The number of aromatic amines is 4. The number of rotatable bonds is 25. The summed E-state index contributed by atoms with van der Waals surface area (Å²) in [5.74, 6) is 0.646. The van der Waals surface area contributed by atoms with Crippen molar-refractivity contribution in [1.82, 2.24) is 75.4 Å². The molecule has 18 rings (SSSR count). The van der Waals surface area contributed by atoms with Gasteiger partial charge in [-0.1, -0.05) is 132 Å². The molecule has 4 bridgehead atoms. The number of benzene rings is 6. The summed E-state index contributed by atoms with van der Waals surface area (Å²) in [6.45, 7) is 14.7. The van der Waals surface area contributed by atoms with Gasteiger partial charge in [-0.3, -0.25) is 28.9 Å². The van der Waals surface area contributed by atoms with Crippen molar-refractivity contribution in [3.8, 4) is 79.4 Å². The quantitative estimate of drug-likeness (QED) is 0.0195. The number of hydrogen-bond acceptors (Lipinski definition) is 20. The molecule has 708 valence electrons. The van der Waals surface area contributed by atoms with Gasteiger partial charge in [0, 0.05) is 49.1 Å². The lowest BCUT2D eigenvalue weighted by Crippen LogP contribution is -2.54. The lowest BCUT2D eigenvalue weighted by atomic mass is 9.95. The number of nitrogens with one attached hydrogen (secondary N) is 7. The second kappa shape index (κ2) is 40.1. The third kappa shape index (κ3) is 20.9. The van der Waals surface area contributed by atoms with E-state index in [1.807, 2.05) is 98.9 Å². The van der Waals surface area contributed by atoms with E-state index >= 15 is 0 Å². The van der Waals surface area contributed by atoms with Crippen molar-refractivity contribution in [2.45, 2.75) is 225 Å². The first-order valence-electron chi connectivity index (χ1n) is 46.4. The van der Waals surface area contributed by atoms with E-state index in [4.69, 9.17) is 49.3 Å². The Morgan fingerprint density at radius 1 is 0.474 bits per heavy atom. The molecular formula is C103H121N17O15. The first kappa shape index (κ1) is 95.7. The fourth-order valence-corrected chi connectivity index (χ4v) is 20.6. The van der Waals surface area contributed by atoms with Crippen LogP contribution in [0.4, 0.5) is 19.2 Å². The minimum atomic E-state index is -1.07. The van der Waals surface area contributed by atoms with E-state index in [0.717, 1.165) is 190 Å². The zero-order valence-electron chi connectivity index (χ0n) is 77.5. The van der Waals surface area contributed by atoms with E-state index in [1.54, 1.807) is 0 Å². The first-order valence-corrected chi connectivity index (χ1v) is 46.4. The SMILES string of the molecule is C.COC(=O)C[C@@H](CCC#N)C(=O)O.COC(=O)N[C@@H](CCC#N)C(=O)N1CC2(CC2)C[C@H]1c1ncc(-c2ccc3cc(-c4ccc(-c5cnc([C@@H]6[C@H]7CC[C@H](C7)N6C(=O)[C@@H](NC(=O)OC)C(C)C)[nH]5)cc4)ccc3c2)[nH]1.COC(=O)N[C@H](C(=O)N1[C@@H]2CC[C@@H](C2)[C@H]1c1ncc(-c2ccc(-c3ccc4cc(-c5cnc([C@@H]6CC7(CC7)CN6C(=O)OC(C)(C)C)[nH]5)ccc4c3)cc2)[nH]1)C(C)C. The molecule has 8 aliphatic rings. The molecule has 4 saturated carbocycles. The maximum atomic E-state index is 14.0. The minimum Gasteiger partial charge on any atom is -0.481 e. The number of fused-ring (bicyclic) bond motifs is 6. The van der Waals surface area contributed by atoms with Crippen LogP contribution in [-0.2, 0) is 47.7 Å². The highest BCUT2D eigenvalue weighted by molar-refractivity contribution is 5.94. The molecule has 7 amide bonds. The lowest BCUT2D eigenvalue weighted by Gasteiger charge is -2.37. The van der Waals surface area contributed by atoms with Crippen LogP contribution in [0.3, 0.4) is 0 Å². The van der Waals surface area contributed by atoms with Gasteiger partial charge < -0.3 is 79.4 Å². The highest BCUT2D eigenvalue weighted by atomic mass is 16.6. The molecule has 8 heterocycles. The number of carboxylic acid groups (broad SMARTS) is 1. The Hall–Kier alpha value is -13.9. The van der Waals surface area contributed by atoms with Crippen LogP contribution >= 0.6 is 0 Å². The Bertz CT molecular complexity index is 6140. The van der Waals surface area contributed by atoms with Gasteiger partial charge in [0.2, 0.25) is 17.7 Å². The maximum Gasteiger partial charge on any atom is 0.410 e. The Labute approximate surface area is 785 Å². The van der Waals surface area contributed by atoms with Gasteiger partial charge >= 0.3 is 36.3 Å². The molecule has 4 aliphatic heterocycles. The largest absolute Gasteiger partial charge is 0.481 e. The number of carbonyl (C=O) groups excluding carboxylic acids is 8. The van der Waals surface area contributed by atoms with Gasteiger partial charge in [0.1, 0.15) is 47.0 Å². The molecular weight excluding hydrogens is 1720 g/mol. The summed E-state index contributed by atoms with van der Waals surface area (Å²) >= 11 is 0. The van der Waals surface area contributed by atoms with Crippen molar-refractivity contribution >= 4 is 75.6 Å². The number of esters is 1. The molecule has 32 heteroatoms. The highest BCUT2D eigenvalue weighted by Crippen LogP contribution is 2.60. The Morgan fingerprint density at radius 2 is 0.837 bits per heavy atom. The minimum absolute atomic E-state index is 0. The number of alkyl carbamates (subject to hydrolysis) is 3. The second-order valence-corrected chi connectivity index (χ2v) is 38.9. The first-order chi connectivity index (χ1) is 64.4. The fraction of sp³-hybridized carbons (Fsp3) is 0.466. The summed E-state index contributed by atoms with van der Waals surface area (Å²) in [5.41, 5.74) is 11.7. The van der Waals surface area contributed by atoms with Crippen LogP contribution < -0.4 is 16.0 Å². The molecule has 2 spiro atoms. The average molecular weight is 1840 g/mol. The number of nitrogens with zero attached hydrogens (tertiary/aromatic N) is 10. The topological polar surface area (TPSA) is 431 Å². The van der Waals surface area contributed by atoms with Crippen LogP contribution in [0.5, 0.6) is 0 Å². The van der Waals surface area contributed by atoms with E-state index in [-0.39, 0.29) is 122 Å². The van der Waals surface area contributed by atoms with E-state index in [9.17, 15) is 48.4 Å². The number of carbonyl (C=O) groups is 9. The number of ether oxygens (including phenoxy) is 5. The number of likely N-dealkylation sites (tertiary alicyclic amines) is 4. The van der Waals surface area contributed by atoms with Crippen molar-refractivity contribution in [1.29, 1.82) is 10.5 Å². The van der Waals surface area contributed by atoms with Crippen LogP contribution in [0.2, 0.25) is 0 Å². The van der Waals surface area contributed by atoms with Gasteiger partial charge in [0.25, 0.3) is 0 Å². The van der Waals surface area contributed by atoms with Gasteiger partial charge in [-0.05, 0) is 224 Å².